The molecule has 0 spiro atoms. The average Bonchev–Trinajstić information content (AvgIpc) is 3.44. The molecule has 0 bridgehead atoms. The van der Waals surface area contributed by atoms with Crippen LogP contribution in [0, 0.1) is 5.82 Å². The van der Waals surface area contributed by atoms with Crippen molar-refractivity contribution in [3.05, 3.63) is 65.5 Å². The van der Waals surface area contributed by atoms with E-state index >= 15 is 0 Å². The molecule has 0 aliphatic heterocycles. The quantitative estimate of drug-likeness (QED) is 0.697. The standard InChI is InChI=1S/C20H19FN2O4/c21-15-5-3-14(4-6-15)20(9-10-20)19(27)23-16-7-1-13(2-8-16)11-17(24)22-12-18(25)26/h1-8H,9-12H2,(H,22,24)(H,23,27)(H,25,26). The summed E-state index contributed by atoms with van der Waals surface area (Å²) in [6.07, 6.45) is 1.49. The largest absolute Gasteiger partial charge is 0.480 e. The van der Waals surface area contributed by atoms with Gasteiger partial charge in [0.15, 0.2) is 0 Å². The Labute approximate surface area is 155 Å². The first-order chi connectivity index (χ1) is 12.9. The molecule has 0 unspecified atom stereocenters. The molecule has 1 fully saturated rings. The highest BCUT2D eigenvalue weighted by Gasteiger charge is 2.51. The Bertz CT molecular complexity index is 859. The second-order valence-corrected chi connectivity index (χ2v) is 6.59. The predicted molar refractivity (Wildman–Crippen MR) is 96.7 cm³/mol. The van der Waals surface area contributed by atoms with Gasteiger partial charge in [0.25, 0.3) is 0 Å². The summed E-state index contributed by atoms with van der Waals surface area (Å²) in [5, 5.41) is 13.7. The van der Waals surface area contributed by atoms with Crippen LogP contribution in [0.2, 0.25) is 0 Å². The summed E-state index contributed by atoms with van der Waals surface area (Å²) >= 11 is 0. The third kappa shape index (κ3) is 4.49. The van der Waals surface area contributed by atoms with E-state index in [1.165, 1.54) is 12.1 Å². The molecule has 1 aliphatic rings. The number of aliphatic carboxylic acids is 1. The van der Waals surface area contributed by atoms with Crippen molar-refractivity contribution < 1.29 is 23.9 Å². The molecule has 2 amide bonds. The van der Waals surface area contributed by atoms with Gasteiger partial charge in [-0.2, -0.15) is 0 Å². The highest BCUT2D eigenvalue weighted by molar-refractivity contribution is 6.01. The molecule has 7 heteroatoms. The molecule has 0 radical (unpaired) electrons. The second kappa shape index (κ2) is 7.57. The molecule has 6 nitrogen and oxygen atoms in total. The van der Waals surface area contributed by atoms with Gasteiger partial charge < -0.3 is 15.7 Å². The van der Waals surface area contributed by atoms with Gasteiger partial charge >= 0.3 is 5.97 Å². The zero-order chi connectivity index (χ0) is 19.4. The zero-order valence-corrected chi connectivity index (χ0v) is 14.5. The Kier molecular flexibility index (Phi) is 5.21. The molecule has 140 valence electrons. The van der Waals surface area contributed by atoms with Gasteiger partial charge in [0.2, 0.25) is 11.8 Å². The predicted octanol–water partition coefficient (Wildman–Crippen LogP) is 2.24. The molecule has 0 saturated heterocycles. The second-order valence-electron chi connectivity index (χ2n) is 6.59. The molecule has 1 aliphatic carbocycles. The van der Waals surface area contributed by atoms with E-state index in [1.807, 2.05) is 0 Å². The normalized spacial score (nSPS) is 14.3. The van der Waals surface area contributed by atoms with E-state index in [9.17, 15) is 18.8 Å². The van der Waals surface area contributed by atoms with Crippen LogP contribution in [0.1, 0.15) is 24.0 Å². The van der Waals surface area contributed by atoms with Crippen LogP contribution < -0.4 is 10.6 Å². The van der Waals surface area contributed by atoms with E-state index in [-0.39, 0.29) is 24.1 Å². The Balaban J connectivity index is 1.59. The van der Waals surface area contributed by atoms with E-state index < -0.39 is 17.9 Å². The minimum Gasteiger partial charge on any atom is -0.480 e. The van der Waals surface area contributed by atoms with Crippen LogP contribution >= 0.6 is 0 Å². The number of rotatable bonds is 7. The highest BCUT2D eigenvalue weighted by Crippen LogP contribution is 2.49. The van der Waals surface area contributed by atoms with Crippen LogP contribution in [0.5, 0.6) is 0 Å². The summed E-state index contributed by atoms with van der Waals surface area (Å²) in [6.45, 7) is -0.418. The van der Waals surface area contributed by atoms with Crippen molar-refractivity contribution in [2.75, 3.05) is 11.9 Å². The average molecular weight is 370 g/mol. The maximum atomic E-state index is 13.1. The lowest BCUT2D eigenvalue weighted by atomic mass is 9.95. The molecule has 0 heterocycles. The number of carboxylic acids is 1. The van der Waals surface area contributed by atoms with E-state index in [1.54, 1.807) is 36.4 Å². The van der Waals surface area contributed by atoms with Crippen molar-refractivity contribution in [3.8, 4) is 0 Å². The minimum absolute atomic E-state index is 0.0566. The first-order valence-electron chi connectivity index (χ1n) is 8.54. The smallest absolute Gasteiger partial charge is 0.322 e. The van der Waals surface area contributed by atoms with Crippen molar-refractivity contribution in [1.29, 1.82) is 0 Å². The fourth-order valence-corrected chi connectivity index (χ4v) is 2.92. The van der Waals surface area contributed by atoms with Crippen LogP contribution in [0.15, 0.2) is 48.5 Å². The number of anilines is 1. The first-order valence-corrected chi connectivity index (χ1v) is 8.54. The van der Waals surface area contributed by atoms with Crippen molar-refractivity contribution in [2.24, 2.45) is 0 Å². The molecular weight excluding hydrogens is 351 g/mol. The van der Waals surface area contributed by atoms with Gasteiger partial charge in [0.1, 0.15) is 12.4 Å². The maximum absolute atomic E-state index is 13.1. The molecule has 2 aromatic carbocycles. The molecule has 1 saturated carbocycles. The Morgan fingerprint density at radius 2 is 1.63 bits per heavy atom. The molecule has 0 atom stereocenters. The van der Waals surface area contributed by atoms with Crippen LogP contribution in [-0.4, -0.2) is 29.4 Å². The van der Waals surface area contributed by atoms with Crippen molar-refractivity contribution in [2.45, 2.75) is 24.7 Å². The molecule has 3 N–H and O–H groups in total. The molecular formula is C20H19FN2O4. The highest BCUT2D eigenvalue weighted by atomic mass is 19.1. The van der Waals surface area contributed by atoms with E-state index in [0.29, 0.717) is 24.1 Å². The third-order valence-electron chi connectivity index (χ3n) is 4.59. The maximum Gasteiger partial charge on any atom is 0.322 e. The molecule has 27 heavy (non-hydrogen) atoms. The number of carbonyl (C=O) groups is 3. The monoisotopic (exact) mass is 370 g/mol. The lowest BCUT2D eigenvalue weighted by Crippen LogP contribution is -2.30. The first kappa shape index (κ1) is 18.6. The van der Waals surface area contributed by atoms with Crippen molar-refractivity contribution in [3.63, 3.8) is 0 Å². The zero-order valence-electron chi connectivity index (χ0n) is 14.5. The van der Waals surface area contributed by atoms with Gasteiger partial charge in [-0.25, -0.2) is 4.39 Å². The van der Waals surface area contributed by atoms with E-state index in [0.717, 1.165) is 5.56 Å². The summed E-state index contributed by atoms with van der Waals surface area (Å²) < 4.78 is 13.1. The van der Waals surface area contributed by atoms with Crippen molar-refractivity contribution in [1.82, 2.24) is 5.32 Å². The van der Waals surface area contributed by atoms with Gasteiger partial charge in [0.05, 0.1) is 11.8 Å². The third-order valence-corrected chi connectivity index (χ3v) is 4.59. The summed E-state index contributed by atoms with van der Waals surface area (Å²) in [7, 11) is 0. The van der Waals surface area contributed by atoms with Gasteiger partial charge in [0, 0.05) is 5.69 Å². The number of hydrogen-bond acceptors (Lipinski definition) is 3. The van der Waals surface area contributed by atoms with Gasteiger partial charge in [-0.05, 0) is 48.2 Å². The van der Waals surface area contributed by atoms with Crippen LogP contribution in [-0.2, 0) is 26.2 Å². The summed E-state index contributed by atoms with van der Waals surface area (Å²) in [6, 6.07) is 12.8. The number of nitrogens with one attached hydrogen (secondary N) is 2. The van der Waals surface area contributed by atoms with Gasteiger partial charge in [-0.15, -0.1) is 0 Å². The molecule has 2 aromatic rings. The number of benzene rings is 2. The summed E-state index contributed by atoms with van der Waals surface area (Å²) in [4.78, 5) is 34.7. The van der Waals surface area contributed by atoms with Crippen LogP contribution in [0.4, 0.5) is 10.1 Å². The lowest BCUT2D eigenvalue weighted by molar-refractivity contribution is -0.137. The number of amides is 2. The fourth-order valence-electron chi connectivity index (χ4n) is 2.92. The van der Waals surface area contributed by atoms with Crippen LogP contribution in [0.25, 0.3) is 0 Å². The minimum atomic E-state index is -1.10. The van der Waals surface area contributed by atoms with Crippen molar-refractivity contribution >= 4 is 23.5 Å². The summed E-state index contributed by atoms with van der Waals surface area (Å²) in [5.41, 5.74) is 1.50. The Morgan fingerprint density at radius 1 is 1.00 bits per heavy atom. The molecule has 3 rings (SSSR count). The van der Waals surface area contributed by atoms with Gasteiger partial charge in [-0.3, -0.25) is 14.4 Å². The van der Waals surface area contributed by atoms with Crippen LogP contribution in [0.3, 0.4) is 0 Å². The topological polar surface area (TPSA) is 95.5 Å². The lowest BCUT2D eigenvalue weighted by Gasteiger charge is -2.16. The SMILES string of the molecule is O=C(O)CNC(=O)Cc1ccc(NC(=O)C2(c3ccc(F)cc3)CC2)cc1. The van der Waals surface area contributed by atoms with E-state index in [2.05, 4.69) is 10.6 Å². The number of hydrogen-bond donors (Lipinski definition) is 3. The molecule has 0 aromatic heterocycles. The van der Waals surface area contributed by atoms with E-state index in [4.69, 9.17) is 5.11 Å². The number of carbonyl (C=O) groups excluding carboxylic acids is 2. The van der Waals surface area contributed by atoms with Gasteiger partial charge in [-0.1, -0.05) is 24.3 Å². The Hall–Kier alpha value is -3.22. The summed E-state index contributed by atoms with van der Waals surface area (Å²) in [5.74, 6) is -1.96. The number of halogens is 1. The Morgan fingerprint density at radius 3 is 2.19 bits per heavy atom. The fraction of sp³-hybridized carbons (Fsp3) is 0.250. The number of carboxylic acid groups (broad SMARTS) is 1.